The van der Waals surface area contributed by atoms with Crippen LogP contribution >= 0.6 is 0 Å². The van der Waals surface area contributed by atoms with Crippen LogP contribution in [0.1, 0.15) is 23.6 Å². The third kappa shape index (κ3) is 5.73. The van der Waals surface area contributed by atoms with Gasteiger partial charge in [-0.15, -0.1) is 0 Å². The molecule has 0 spiro atoms. The van der Waals surface area contributed by atoms with Crippen molar-refractivity contribution in [1.82, 2.24) is 10.2 Å². The van der Waals surface area contributed by atoms with Gasteiger partial charge in [-0.25, -0.2) is 0 Å². The van der Waals surface area contributed by atoms with Gasteiger partial charge in [0.15, 0.2) is 11.5 Å². The van der Waals surface area contributed by atoms with Crippen LogP contribution in [0.15, 0.2) is 36.4 Å². The van der Waals surface area contributed by atoms with Crippen molar-refractivity contribution >= 4 is 17.5 Å². The van der Waals surface area contributed by atoms with Crippen molar-refractivity contribution in [3.8, 4) is 11.5 Å². The van der Waals surface area contributed by atoms with E-state index in [1.807, 2.05) is 62.2 Å². The van der Waals surface area contributed by atoms with Crippen LogP contribution in [0.25, 0.3) is 0 Å². The molecule has 30 heavy (non-hydrogen) atoms. The zero-order valence-corrected chi connectivity index (χ0v) is 18.5. The number of benzene rings is 2. The molecule has 0 aliphatic rings. The van der Waals surface area contributed by atoms with Gasteiger partial charge in [0.05, 0.1) is 26.8 Å². The number of carbonyl (C=O) groups excluding carboxylic acids is 2. The first-order valence-corrected chi connectivity index (χ1v) is 9.82. The quantitative estimate of drug-likeness (QED) is 0.661. The molecule has 0 aliphatic carbocycles. The van der Waals surface area contributed by atoms with Gasteiger partial charge in [0.25, 0.3) is 0 Å². The summed E-state index contributed by atoms with van der Waals surface area (Å²) in [5, 5.41) is 5.58. The van der Waals surface area contributed by atoms with Gasteiger partial charge in [0.2, 0.25) is 11.8 Å². The summed E-state index contributed by atoms with van der Waals surface area (Å²) in [6.07, 6.45) is 0. The third-order valence-corrected chi connectivity index (χ3v) is 5.11. The number of hydrogen-bond donors (Lipinski definition) is 2. The molecule has 2 amide bonds. The van der Waals surface area contributed by atoms with Crippen molar-refractivity contribution in [3.63, 3.8) is 0 Å². The highest BCUT2D eigenvalue weighted by Gasteiger charge is 2.21. The number of rotatable bonds is 9. The number of likely N-dealkylation sites (N-methyl/N-ethyl adjacent to an activating group) is 1. The molecule has 0 bridgehead atoms. The minimum atomic E-state index is -0.436. The Balaban J connectivity index is 1.93. The van der Waals surface area contributed by atoms with E-state index in [2.05, 4.69) is 10.6 Å². The van der Waals surface area contributed by atoms with Crippen LogP contribution in [0.3, 0.4) is 0 Å². The Morgan fingerprint density at radius 1 is 1.03 bits per heavy atom. The number of anilines is 1. The first kappa shape index (κ1) is 23.2. The standard InChI is InChI=1S/C23H31N3O4/c1-15-9-7-10-16(2)21(15)25-20(27)13-24-23(28)17(3)26(4)14-18-11-8-12-19(29-5)22(18)30-6/h7-12,17H,13-14H2,1-6H3,(H,24,28)(H,25,27)/t17-/m0/s1. The van der Waals surface area contributed by atoms with Crippen molar-refractivity contribution in [2.24, 2.45) is 0 Å². The number of methoxy groups -OCH3 is 2. The highest BCUT2D eigenvalue weighted by molar-refractivity contribution is 5.96. The fourth-order valence-electron chi connectivity index (χ4n) is 3.19. The molecule has 162 valence electrons. The number of hydrogen-bond acceptors (Lipinski definition) is 5. The summed E-state index contributed by atoms with van der Waals surface area (Å²) in [5.41, 5.74) is 3.66. The van der Waals surface area contributed by atoms with E-state index in [1.54, 1.807) is 21.1 Å². The molecule has 7 heteroatoms. The Morgan fingerprint density at radius 2 is 1.67 bits per heavy atom. The summed E-state index contributed by atoms with van der Waals surface area (Å²) in [4.78, 5) is 26.7. The molecule has 0 saturated carbocycles. The number of nitrogens with one attached hydrogen (secondary N) is 2. The summed E-state index contributed by atoms with van der Waals surface area (Å²) in [7, 11) is 5.02. The second-order valence-electron chi connectivity index (χ2n) is 7.28. The van der Waals surface area contributed by atoms with E-state index in [0.717, 1.165) is 22.4 Å². The topological polar surface area (TPSA) is 79.9 Å². The van der Waals surface area contributed by atoms with Crippen LogP contribution < -0.4 is 20.1 Å². The Kier molecular flexibility index (Phi) is 8.24. The second-order valence-corrected chi connectivity index (χ2v) is 7.28. The first-order chi connectivity index (χ1) is 14.3. The minimum Gasteiger partial charge on any atom is -0.493 e. The van der Waals surface area contributed by atoms with Crippen molar-refractivity contribution in [2.45, 2.75) is 33.4 Å². The molecule has 0 aliphatic heterocycles. The molecule has 2 aromatic rings. The summed E-state index contributed by atoms with van der Waals surface area (Å²) in [6.45, 7) is 6.07. The lowest BCUT2D eigenvalue weighted by atomic mass is 10.1. The van der Waals surface area contributed by atoms with E-state index in [0.29, 0.717) is 18.0 Å². The molecule has 0 fully saturated rings. The number of aryl methyl sites for hydroxylation is 2. The lowest BCUT2D eigenvalue weighted by molar-refractivity contribution is -0.127. The maximum atomic E-state index is 12.6. The summed E-state index contributed by atoms with van der Waals surface area (Å²) < 4.78 is 10.8. The van der Waals surface area contributed by atoms with E-state index in [9.17, 15) is 9.59 Å². The van der Waals surface area contributed by atoms with Gasteiger partial charge in [0, 0.05) is 17.8 Å². The summed E-state index contributed by atoms with van der Waals surface area (Å²) >= 11 is 0. The van der Waals surface area contributed by atoms with E-state index in [1.165, 1.54) is 0 Å². The molecule has 1 atom stereocenters. The van der Waals surface area contributed by atoms with Crippen molar-refractivity contribution in [3.05, 3.63) is 53.1 Å². The Morgan fingerprint density at radius 3 is 2.27 bits per heavy atom. The third-order valence-electron chi connectivity index (χ3n) is 5.11. The normalized spacial score (nSPS) is 11.7. The molecule has 0 heterocycles. The van der Waals surface area contributed by atoms with E-state index in [-0.39, 0.29) is 18.4 Å². The maximum absolute atomic E-state index is 12.6. The lowest BCUT2D eigenvalue weighted by Crippen LogP contribution is -2.45. The van der Waals surface area contributed by atoms with Crippen molar-refractivity contribution in [2.75, 3.05) is 33.1 Å². The molecule has 2 aromatic carbocycles. The van der Waals surface area contributed by atoms with E-state index in [4.69, 9.17) is 9.47 Å². The average Bonchev–Trinajstić information content (AvgIpc) is 2.73. The molecular weight excluding hydrogens is 382 g/mol. The van der Waals surface area contributed by atoms with Gasteiger partial charge in [-0.2, -0.15) is 0 Å². The SMILES string of the molecule is COc1cccc(CN(C)[C@@H](C)C(=O)NCC(=O)Nc2c(C)cccc2C)c1OC. The molecule has 7 nitrogen and oxygen atoms in total. The second kappa shape index (κ2) is 10.6. The van der Waals surface area contributed by atoms with Gasteiger partial charge >= 0.3 is 0 Å². The molecule has 0 saturated heterocycles. The van der Waals surface area contributed by atoms with Gasteiger partial charge in [-0.3, -0.25) is 14.5 Å². The monoisotopic (exact) mass is 413 g/mol. The summed E-state index contributed by atoms with van der Waals surface area (Å²) in [5.74, 6) is 0.803. The fraction of sp³-hybridized carbons (Fsp3) is 0.391. The number of para-hydroxylation sites is 2. The molecule has 0 radical (unpaired) electrons. The predicted molar refractivity (Wildman–Crippen MR) is 118 cm³/mol. The lowest BCUT2D eigenvalue weighted by Gasteiger charge is -2.25. The largest absolute Gasteiger partial charge is 0.493 e. The number of ether oxygens (including phenoxy) is 2. The van der Waals surface area contributed by atoms with Crippen LogP contribution in [-0.4, -0.2) is 50.6 Å². The maximum Gasteiger partial charge on any atom is 0.243 e. The minimum absolute atomic E-state index is 0.0900. The van der Waals surface area contributed by atoms with Crippen molar-refractivity contribution < 1.29 is 19.1 Å². The van der Waals surface area contributed by atoms with Crippen LogP contribution in [0, 0.1) is 13.8 Å². The van der Waals surface area contributed by atoms with E-state index >= 15 is 0 Å². The van der Waals surface area contributed by atoms with Gasteiger partial charge in [0.1, 0.15) is 0 Å². The molecule has 0 aromatic heterocycles. The van der Waals surface area contributed by atoms with Crippen LogP contribution in [-0.2, 0) is 16.1 Å². The molecule has 2 N–H and O–H groups in total. The zero-order valence-electron chi connectivity index (χ0n) is 18.5. The zero-order chi connectivity index (χ0) is 22.3. The Hall–Kier alpha value is -3.06. The predicted octanol–water partition coefficient (Wildman–Crippen LogP) is 2.90. The average molecular weight is 414 g/mol. The van der Waals surface area contributed by atoms with Gasteiger partial charge in [-0.1, -0.05) is 30.3 Å². The fourth-order valence-corrected chi connectivity index (χ4v) is 3.19. The smallest absolute Gasteiger partial charge is 0.243 e. The number of carbonyl (C=O) groups is 2. The van der Waals surface area contributed by atoms with Crippen LogP contribution in [0.5, 0.6) is 11.5 Å². The molecule has 0 unspecified atom stereocenters. The van der Waals surface area contributed by atoms with Crippen molar-refractivity contribution in [1.29, 1.82) is 0 Å². The highest BCUT2D eigenvalue weighted by Crippen LogP contribution is 2.31. The number of nitrogens with zero attached hydrogens (tertiary/aromatic N) is 1. The van der Waals surface area contributed by atoms with E-state index < -0.39 is 6.04 Å². The van der Waals surface area contributed by atoms with Gasteiger partial charge in [-0.05, 0) is 45.0 Å². The van der Waals surface area contributed by atoms with Gasteiger partial charge < -0.3 is 20.1 Å². The van der Waals surface area contributed by atoms with Crippen LogP contribution in [0.4, 0.5) is 5.69 Å². The summed E-state index contributed by atoms with van der Waals surface area (Å²) in [6, 6.07) is 11.0. The molecular formula is C23H31N3O4. The Labute approximate surface area is 178 Å². The highest BCUT2D eigenvalue weighted by atomic mass is 16.5. The molecule has 2 rings (SSSR count). The first-order valence-electron chi connectivity index (χ1n) is 9.82. The van der Waals surface area contributed by atoms with Crippen LogP contribution in [0.2, 0.25) is 0 Å². The Bertz CT molecular complexity index is 878. The number of amides is 2.